The maximum absolute atomic E-state index is 12.1. The summed E-state index contributed by atoms with van der Waals surface area (Å²) in [6.45, 7) is 1.09. The number of aliphatic hydroxyl groups is 5. The van der Waals surface area contributed by atoms with E-state index in [4.69, 9.17) is 32.0 Å². The van der Waals surface area contributed by atoms with E-state index in [-0.39, 0.29) is 30.3 Å². The molecule has 11 nitrogen and oxygen atoms in total. The van der Waals surface area contributed by atoms with Crippen LogP contribution < -0.4 is 10.2 Å². The zero-order valence-electron chi connectivity index (χ0n) is 23.6. The highest BCUT2D eigenvalue weighted by atomic mass is 35.5. The number of carbonyl (C=O) groups excluding carboxylic acids is 1. The largest absolute Gasteiger partial charge is 0.507 e. The smallest absolute Gasteiger partial charge is 0.339 e. The van der Waals surface area contributed by atoms with Crippen molar-refractivity contribution in [2.24, 2.45) is 0 Å². The molecule has 0 heterocycles. The van der Waals surface area contributed by atoms with Gasteiger partial charge in [0, 0.05) is 35.3 Å². The number of halogens is 1. The first kappa shape index (κ1) is 35.2. The van der Waals surface area contributed by atoms with Crippen LogP contribution in [-0.4, -0.2) is 92.2 Å². The summed E-state index contributed by atoms with van der Waals surface area (Å²) in [6.07, 6.45) is -5.65. The molecule has 0 aliphatic heterocycles. The first-order valence-corrected chi connectivity index (χ1v) is 13.4. The van der Waals surface area contributed by atoms with E-state index in [0.29, 0.717) is 10.7 Å². The highest BCUT2D eigenvalue weighted by Gasteiger charge is 2.29. The van der Waals surface area contributed by atoms with Gasteiger partial charge in [-0.05, 0) is 67.2 Å². The number of nitrogens with one attached hydrogen (secondary N) is 1. The molecule has 0 unspecified atom stereocenters. The molecule has 1 amide bonds. The normalized spacial score (nSPS) is 13.3. The van der Waals surface area contributed by atoms with Crippen LogP contribution in [0.4, 0.5) is 5.69 Å². The molecule has 8 N–H and O–H groups in total. The molecule has 0 bridgehead atoms. The fraction of sp³-hybridized carbons (Fsp3) is 0.290. The van der Waals surface area contributed by atoms with Gasteiger partial charge in [-0.25, -0.2) is 4.79 Å². The van der Waals surface area contributed by atoms with E-state index in [0.717, 1.165) is 16.7 Å². The Morgan fingerprint density at radius 1 is 0.884 bits per heavy atom. The lowest BCUT2D eigenvalue weighted by molar-refractivity contribution is -0.116. The van der Waals surface area contributed by atoms with Gasteiger partial charge in [0.2, 0.25) is 5.91 Å². The molecule has 230 valence electrons. The van der Waals surface area contributed by atoms with Crippen molar-refractivity contribution in [1.82, 2.24) is 5.32 Å². The maximum atomic E-state index is 12.1. The number of carboxylic acid groups (broad SMARTS) is 1. The third-order valence-corrected chi connectivity index (χ3v) is 6.38. The van der Waals surface area contributed by atoms with E-state index in [2.05, 4.69) is 17.2 Å². The lowest BCUT2D eigenvalue weighted by atomic mass is 10.0. The van der Waals surface area contributed by atoms with E-state index >= 15 is 0 Å². The number of aromatic hydroxyl groups is 1. The number of amides is 1. The Balaban J connectivity index is 0.000000420. The number of likely N-dealkylation sites (N-methyl/N-ethyl adjacent to an activating group) is 1. The van der Waals surface area contributed by atoms with Gasteiger partial charge in [-0.3, -0.25) is 4.79 Å². The Morgan fingerprint density at radius 3 is 1.91 bits per heavy atom. The number of carbonyl (C=O) groups is 2. The highest BCUT2D eigenvalue weighted by Crippen LogP contribution is 2.26. The summed E-state index contributed by atoms with van der Waals surface area (Å²) in [5.41, 5.74) is 2.66. The maximum Gasteiger partial charge on any atom is 0.339 e. The Kier molecular flexibility index (Phi) is 14.1. The van der Waals surface area contributed by atoms with Crippen LogP contribution >= 0.6 is 11.6 Å². The molecular weight excluding hydrogens is 580 g/mol. The predicted molar refractivity (Wildman–Crippen MR) is 161 cm³/mol. The molecule has 0 saturated heterocycles. The van der Waals surface area contributed by atoms with E-state index in [1.165, 1.54) is 30.0 Å². The molecular formula is C31H35ClN2O9. The Labute approximate surface area is 254 Å². The van der Waals surface area contributed by atoms with Crippen LogP contribution in [0.15, 0.2) is 66.7 Å². The average Bonchev–Trinajstić information content (AvgIpc) is 2.99. The van der Waals surface area contributed by atoms with Gasteiger partial charge in [0.05, 0.1) is 19.3 Å². The molecule has 0 aliphatic carbocycles. The van der Waals surface area contributed by atoms with Gasteiger partial charge in [-0.1, -0.05) is 35.6 Å². The van der Waals surface area contributed by atoms with Crippen molar-refractivity contribution in [1.29, 1.82) is 0 Å². The van der Waals surface area contributed by atoms with Crippen LogP contribution in [-0.2, 0) is 11.3 Å². The van der Waals surface area contributed by atoms with Crippen LogP contribution in [0.2, 0.25) is 5.02 Å². The van der Waals surface area contributed by atoms with Gasteiger partial charge in [-0.15, -0.1) is 0 Å². The number of aliphatic hydroxyl groups excluding tert-OH is 5. The minimum atomic E-state index is -1.55. The number of hydrogen-bond donors (Lipinski definition) is 8. The van der Waals surface area contributed by atoms with Gasteiger partial charge in [0.1, 0.15) is 29.6 Å². The summed E-state index contributed by atoms with van der Waals surface area (Å²) in [5.74, 6) is 4.28. The van der Waals surface area contributed by atoms with E-state index in [1.54, 1.807) is 19.2 Å². The molecule has 0 aliphatic rings. The molecule has 0 radical (unpaired) electrons. The van der Waals surface area contributed by atoms with Crippen molar-refractivity contribution in [3.63, 3.8) is 0 Å². The summed E-state index contributed by atoms with van der Waals surface area (Å²) in [4.78, 5) is 24.9. The summed E-state index contributed by atoms with van der Waals surface area (Å²) in [7, 11) is 1.57. The Hall–Kier alpha value is -3.99. The molecule has 3 aromatic carbocycles. The molecule has 0 fully saturated rings. The number of benzene rings is 3. The van der Waals surface area contributed by atoms with Gasteiger partial charge < -0.3 is 46.0 Å². The van der Waals surface area contributed by atoms with Crippen LogP contribution in [0.25, 0.3) is 0 Å². The molecule has 0 saturated carbocycles. The van der Waals surface area contributed by atoms with E-state index < -0.39 is 37.0 Å². The minimum Gasteiger partial charge on any atom is -0.507 e. The predicted octanol–water partition coefficient (Wildman–Crippen LogP) is 1.34. The number of nitrogens with zero attached hydrogens (tertiary/aromatic N) is 1. The van der Waals surface area contributed by atoms with Crippen molar-refractivity contribution in [3.05, 3.63) is 94.0 Å². The lowest BCUT2D eigenvalue weighted by Crippen LogP contribution is -2.48. The van der Waals surface area contributed by atoms with Crippen LogP contribution in [0, 0.1) is 11.8 Å². The summed E-state index contributed by atoms with van der Waals surface area (Å²) in [5, 5.41) is 67.0. The summed E-state index contributed by atoms with van der Waals surface area (Å²) in [6, 6.07) is 18.8. The minimum absolute atomic E-state index is 0.0936. The second kappa shape index (κ2) is 17.2. The molecule has 4 atom stereocenters. The fourth-order valence-electron chi connectivity index (χ4n) is 3.69. The molecule has 12 heteroatoms. The second-order valence-corrected chi connectivity index (χ2v) is 9.86. The molecule has 0 spiro atoms. The Bertz CT molecular complexity index is 1410. The zero-order valence-corrected chi connectivity index (χ0v) is 24.3. The topological polar surface area (TPSA) is 191 Å². The van der Waals surface area contributed by atoms with Crippen molar-refractivity contribution >= 4 is 29.2 Å². The monoisotopic (exact) mass is 614 g/mol. The first-order valence-electron chi connectivity index (χ1n) is 13.1. The van der Waals surface area contributed by atoms with E-state index in [9.17, 15) is 24.9 Å². The molecule has 3 aromatic rings. The number of phenols is 1. The average molecular weight is 615 g/mol. The van der Waals surface area contributed by atoms with Crippen molar-refractivity contribution < 1.29 is 45.3 Å². The molecule has 43 heavy (non-hydrogen) atoms. The van der Waals surface area contributed by atoms with E-state index in [1.807, 2.05) is 36.4 Å². The Morgan fingerprint density at radius 2 is 1.42 bits per heavy atom. The number of hydrogen-bond acceptors (Lipinski definition) is 9. The van der Waals surface area contributed by atoms with Crippen LogP contribution in [0.3, 0.4) is 0 Å². The quantitative estimate of drug-likeness (QED) is 0.155. The third-order valence-electron chi connectivity index (χ3n) is 6.13. The van der Waals surface area contributed by atoms with Crippen molar-refractivity contribution in [2.75, 3.05) is 25.1 Å². The van der Waals surface area contributed by atoms with Crippen LogP contribution in [0.1, 0.15) is 34.0 Å². The van der Waals surface area contributed by atoms with Gasteiger partial charge in [0.15, 0.2) is 0 Å². The molecule has 0 aromatic heterocycles. The van der Waals surface area contributed by atoms with Crippen molar-refractivity contribution in [2.45, 2.75) is 37.9 Å². The van der Waals surface area contributed by atoms with Gasteiger partial charge >= 0.3 is 5.97 Å². The zero-order chi connectivity index (χ0) is 32.1. The summed E-state index contributed by atoms with van der Waals surface area (Å²) >= 11 is 5.87. The first-order chi connectivity index (χ1) is 20.4. The second-order valence-electron chi connectivity index (χ2n) is 9.42. The molecule has 3 rings (SSSR count). The highest BCUT2D eigenvalue weighted by molar-refractivity contribution is 6.30. The lowest BCUT2D eigenvalue weighted by Gasteiger charge is -2.25. The number of anilines is 1. The SMILES string of the molecule is CC(=O)N(Cc1ccc(C#Cc2ccc(Cl)cc2)cc1)c1ccc(O)c(C(=O)O)c1.CNC[C@H](O)[C@@H](O)[C@H](O)[C@H](O)CO. The van der Waals surface area contributed by atoms with Gasteiger partial charge in [0.25, 0.3) is 0 Å². The fourth-order valence-corrected chi connectivity index (χ4v) is 3.82. The third kappa shape index (κ3) is 11.0. The van der Waals surface area contributed by atoms with Crippen molar-refractivity contribution in [3.8, 4) is 17.6 Å². The number of rotatable bonds is 10. The standard InChI is InChI=1S/C24H18ClNO4.C7H17NO5/c1-16(27)26(21-12-13-23(28)22(14-21)24(29)30)15-19-6-4-17(5-7-19)2-3-18-8-10-20(25)11-9-18;1-8-2-4(10)6(12)7(13)5(11)3-9/h4-14,28H,15H2,1H3,(H,29,30);4-13H,2-3H2,1H3/t;4-,5+,6+,7+/m.0/s1. The summed E-state index contributed by atoms with van der Waals surface area (Å²) < 4.78 is 0. The van der Waals surface area contributed by atoms with Gasteiger partial charge in [-0.2, -0.15) is 0 Å². The van der Waals surface area contributed by atoms with Crippen LogP contribution in [0.5, 0.6) is 5.75 Å². The number of aromatic carboxylic acids is 1. The number of carboxylic acids is 1.